The van der Waals surface area contributed by atoms with E-state index in [0.717, 1.165) is 0 Å². The third kappa shape index (κ3) is 3.72. The van der Waals surface area contributed by atoms with E-state index >= 15 is 0 Å². The highest BCUT2D eigenvalue weighted by Gasteiger charge is 2.11. The van der Waals surface area contributed by atoms with Gasteiger partial charge >= 0.3 is 0 Å². The van der Waals surface area contributed by atoms with Crippen LogP contribution in [0.1, 0.15) is 25.3 Å². The van der Waals surface area contributed by atoms with Crippen molar-refractivity contribution in [2.45, 2.75) is 19.8 Å². The molecule has 0 saturated carbocycles. The van der Waals surface area contributed by atoms with Crippen molar-refractivity contribution >= 4 is 11.4 Å². The van der Waals surface area contributed by atoms with Gasteiger partial charge in [-0.15, -0.1) is 0 Å². The first kappa shape index (κ1) is 14.8. The van der Waals surface area contributed by atoms with Gasteiger partial charge in [0.25, 0.3) is 5.69 Å². The van der Waals surface area contributed by atoms with E-state index in [1.807, 2.05) is 24.3 Å². The Hall–Kier alpha value is -2.56. The van der Waals surface area contributed by atoms with E-state index in [0.29, 0.717) is 23.1 Å². The molecule has 1 N–H and O–H groups in total. The van der Waals surface area contributed by atoms with Crippen LogP contribution >= 0.6 is 0 Å². The van der Waals surface area contributed by atoms with Crippen LogP contribution in [-0.2, 0) is 0 Å². The Morgan fingerprint density at radius 2 is 1.76 bits per heavy atom. The van der Waals surface area contributed by atoms with Gasteiger partial charge in [-0.1, -0.05) is 26.0 Å². The van der Waals surface area contributed by atoms with E-state index in [4.69, 9.17) is 4.74 Å². The average molecular weight is 286 g/mol. The van der Waals surface area contributed by atoms with Gasteiger partial charge in [-0.3, -0.25) is 10.1 Å². The van der Waals surface area contributed by atoms with Crippen molar-refractivity contribution in [3.05, 3.63) is 58.1 Å². The predicted molar refractivity (Wildman–Crippen MR) is 83.2 cm³/mol. The SMILES string of the molecule is CNc1cc(Oc2ccc(C(C)C)cc2)cc([N+](=O)[O-])c1. The summed E-state index contributed by atoms with van der Waals surface area (Å²) in [6.45, 7) is 4.24. The Morgan fingerprint density at radius 1 is 1.10 bits per heavy atom. The molecule has 0 amide bonds. The summed E-state index contributed by atoms with van der Waals surface area (Å²) >= 11 is 0. The molecule has 110 valence electrons. The highest BCUT2D eigenvalue weighted by molar-refractivity contribution is 5.56. The molecule has 5 nitrogen and oxygen atoms in total. The molecular formula is C16H18N2O3. The summed E-state index contributed by atoms with van der Waals surface area (Å²) in [6.07, 6.45) is 0. The summed E-state index contributed by atoms with van der Waals surface area (Å²) in [5.41, 5.74) is 1.85. The lowest BCUT2D eigenvalue weighted by Gasteiger charge is -2.10. The fraction of sp³-hybridized carbons (Fsp3) is 0.250. The number of ether oxygens (including phenoxy) is 1. The van der Waals surface area contributed by atoms with Crippen LogP contribution in [0.3, 0.4) is 0 Å². The highest BCUT2D eigenvalue weighted by Crippen LogP contribution is 2.30. The fourth-order valence-electron chi connectivity index (χ4n) is 1.95. The molecule has 2 aromatic rings. The summed E-state index contributed by atoms with van der Waals surface area (Å²) in [4.78, 5) is 10.5. The molecule has 2 aromatic carbocycles. The molecular weight excluding hydrogens is 268 g/mol. The number of anilines is 1. The van der Waals surface area contributed by atoms with Gasteiger partial charge in [-0.05, 0) is 23.6 Å². The smallest absolute Gasteiger partial charge is 0.275 e. The normalized spacial score (nSPS) is 10.5. The Labute approximate surface area is 123 Å². The van der Waals surface area contributed by atoms with Crippen molar-refractivity contribution in [2.75, 3.05) is 12.4 Å². The van der Waals surface area contributed by atoms with Crippen LogP contribution in [0.4, 0.5) is 11.4 Å². The van der Waals surface area contributed by atoms with Crippen LogP contribution in [0.2, 0.25) is 0 Å². The molecule has 0 aliphatic rings. The lowest BCUT2D eigenvalue weighted by atomic mass is 10.0. The van der Waals surface area contributed by atoms with Crippen LogP contribution in [-0.4, -0.2) is 12.0 Å². The number of rotatable bonds is 5. The number of nitrogens with one attached hydrogen (secondary N) is 1. The van der Waals surface area contributed by atoms with Gasteiger partial charge in [-0.25, -0.2) is 0 Å². The van der Waals surface area contributed by atoms with E-state index in [1.165, 1.54) is 17.7 Å². The Morgan fingerprint density at radius 3 is 2.29 bits per heavy atom. The molecule has 0 bridgehead atoms. The third-order valence-corrected chi connectivity index (χ3v) is 3.17. The summed E-state index contributed by atoms with van der Waals surface area (Å²) in [7, 11) is 1.71. The first-order valence-electron chi connectivity index (χ1n) is 6.74. The van der Waals surface area contributed by atoms with Crippen LogP contribution in [0, 0.1) is 10.1 Å². The molecule has 2 rings (SSSR count). The number of nitro groups is 1. The number of benzene rings is 2. The van der Waals surface area contributed by atoms with Crippen LogP contribution < -0.4 is 10.1 Å². The number of non-ortho nitro benzene ring substituents is 1. The third-order valence-electron chi connectivity index (χ3n) is 3.17. The maximum Gasteiger partial charge on any atom is 0.275 e. The zero-order chi connectivity index (χ0) is 15.4. The zero-order valence-electron chi connectivity index (χ0n) is 12.3. The highest BCUT2D eigenvalue weighted by atomic mass is 16.6. The largest absolute Gasteiger partial charge is 0.457 e. The van der Waals surface area contributed by atoms with Crippen LogP contribution in [0.15, 0.2) is 42.5 Å². The lowest BCUT2D eigenvalue weighted by Crippen LogP contribution is -1.94. The molecule has 0 spiro atoms. The number of hydrogen-bond acceptors (Lipinski definition) is 4. The van der Waals surface area contributed by atoms with Gasteiger partial charge in [0.05, 0.1) is 11.0 Å². The lowest BCUT2D eigenvalue weighted by molar-refractivity contribution is -0.384. The summed E-state index contributed by atoms with van der Waals surface area (Å²) in [6, 6.07) is 12.3. The minimum Gasteiger partial charge on any atom is -0.457 e. The first-order valence-corrected chi connectivity index (χ1v) is 6.74. The quantitative estimate of drug-likeness (QED) is 0.646. The van der Waals surface area contributed by atoms with Gasteiger partial charge < -0.3 is 10.1 Å². The first-order chi connectivity index (χ1) is 9.99. The minimum atomic E-state index is -0.435. The molecule has 0 atom stereocenters. The molecule has 0 fully saturated rings. The molecule has 21 heavy (non-hydrogen) atoms. The van der Waals surface area contributed by atoms with E-state index in [-0.39, 0.29) is 5.69 Å². The van der Waals surface area contributed by atoms with E-state index in [2.05, 4.69) is 19.2 Å². The summed E-state index contributed by atoms with van der Waals surface area (Å²) in [5.74, 6) is 1.54. The standard InChI is InChI=1S/C16H18N2O3/c1-11(2)12-4-6-15(7-5-12)21-16-9-13(17-3)8-14(10-16)18(19)20/h4-11,17H,1-3H3. The summed E-state index contributed by atoms with van der Waals surface area (Å²) < 4.78 is 5.70. The van der Waals surface area contributed by atoms with Gasteiger partial charge in [0.1, 0.15) is 11.5 Å². The Kier molecular flexibility index (Phi) is 4.42. The second-order valence-corrected chi connectivity index (χ2v) is 5.05. The van der Waals surface area contributed by atoms with Gasteiger partial charge in [-0.2, -0.15) is 0 Å². The molecule has 0 aliphatic carbocycles. The van der Waals surface area contributed by atoms with Crippen molar-refractivity contribution in [3.8, 4) is 11.5 Å². The molecule has 0 unspecified atom stereocenters. The molecule has 0 heterocycles. The second kappa shape index (κ2) is 6.26. The summed E-state index contributed by atoms with van der Waals surface area (Å²) in [5, 5.41) is 13.8. The zero-order valence-corrected chi connectivity index (χ0v) is 12.3. The molecule has 5 heteroatoms. The van der Waals surface area contributed by atoms with Crippen molar-refractivity contribution in [1.82, 2.24) is 0 Å². The maximum absolute atomic E-state index is 10.9. The predicted octanol–water partition coefficient (Wildman–Crippen LogP) is 4.55. The van der Waals surface area contributed by atoms with Crippen molar-refractivity contribution in [1.29, 1.82) is 0 Å². The average Bonchev–Trinajstić information content (AvgIpc) is 2.47. The minimum absolute atomic E-state index is 0.00403. The van der Waals surface area contributed by atoms with E-state index < -0.39 is 4.92 Å². The monoisotopic (exact) mass is 286 g/mol. The van der Waals surface area contributed by atoms with Crippen molar-refractivity contribution in [3.63, 3.8) is 0 Å². The van der Waals surface area contributed by atoms with Gasteiger partial charge in [0.15, 0.2) is 0 Å². The number of nitro benzene ring substituents is 1. The topological polar surface area (TPSA) is 64.4 Å². The maximum atomic E-state index is 10.9. The molecule has 0 aliphatic heterocycles. The number of nitrogens with zero attached hydrogens (tertiary/aromatic N) is 1. The molecule has 0 aromatic heterocycles. The Balaban J connectivity index is 2.26. The number of hydrogen-bond donors (Lipinski definition) is 1. The van der Waals surface area contributed by atoms with Crippen molar-refractivity contribution < 1.29 is 9.66 Å². The molecule has 0 radical (unpaired) electrons. The second-order valence-electron chi connectivity index (χ2n) is 5.05. The Bertz CT molecular complexity index is 636. The van der Waals surface area contributed by atoms with E-state index in [9.17, 15) is 10.1 Å². The van der Waals surface area contributed by atoms with Crippen LogP contribution in [0.5, 0.6) is 11.5 Å². The fourth-order valence-corrected chi connectivity index (χ4v) is 1.95. The van der Waals surface area contributed by atoms with E-state index in [1.54, 1.807) is 13.1 Å². The van der Waals surface area contributed by atoms with Gasteiger partial charge in [0.2, 0.25) is 0 Å². The molecule has 0 saturated heterocycles. The van der Waals surface area contributed by atoms with Crippen LogP contribution in [0.25, 0.3) is 0 Å². The van der Waals surface area contributed by atoms with Gasteiger partial charge in [0, 0.05) is 24.9 Å². The van der Waals surface area contributed by atoms with Crippen molar-refractivity contribution in [2.24, 2.45) is 0 Å².